The third-order valence-corrected chi connectivity index (χ3v) is 3.55. The lowest BCUT2D eigenvalue weighted by molar-refractivity contribution is 0.0901. The number of amides is 1. The Labute approximate surface area is 111 Å². The largest absolute Gasteiger partial charge is 0.440 e. The van der Waals surface area contributed by atoms with Gasteiger partial charge in [0.1, 0.15) is 6.04 Å². The second kappa shape index (κ2) is 5.92. The second-order valence-electron chi connectivity index (χ2n) is 4.58. The standard InChI is InChI=1S/C13H15ClN2O2/c14-12-7-6-11(18-12)13(17)16-10(8-15)9-4-2-1-3-5-9/h6-7,9-10H,1-5H2,(H,16,17). The highest BCUT2D eigenvalue weighted by atomic mass is 35.5. The molecule has 0 aliphatic heterocycles. The van der Waals surface area contributed by atoms with Crippen molar-refractivity contribution >= 4 is 17.5 Å². The van der Waals surface area contributed by atoms with Gasteiger partial charge in [-0.15, -0.1) is 0 Å². The lowest BCUT2D eigenvalue weighted by Gasteiger charge is -2.25. The van der Waals surface area contributed by atoms with E-state index in [-0.39, 0.29) is 22.8 Å². The predicted molar refractivity (Wildman–Crippen MR) is 67.2 cm³/mol. The maximum absolute atomic E-state index is 11.9. The highest BCUT2D eigenvalue weighted by Crippen LogP contribution is 2.26. The van der Waals surface area contributed by atoms with Crippen molar-refractivity contribution in [1.82, 2.24) is 5.32 Å². The van der Waals surface area contributed by atoms with Crippen LogP contribution in [0.5, 0.6) is 0 Å². The quantitative estimate of drug-likeness (QED) is 0.914. The molecule has 0 aromatic carbocycles. The van der Waals surface area contributed by atoms with Crippen LogP contribution in [0.2, 0.25) is 5.22 Å². The molecule has 96 valence electrons. The average Bonchev–Trinajstić information content (AvgIpc) is 2.83. The van der Waals surface area contributed by atoms with Gasteiger partial charge in [0.25, 0.3) is 5.91 Å². The molecule has 1 heterocycles. The first kappa shape index (κ1) is 13.0. The van der Waals surface area contributed by atoms with E-state index < -0.39 is 6.04 Å². The van der Waals surface area contributed by atoms with Gasteiger partial charge in [-0.25, -0.2) is 0 Å². The fraction of sp³-hybridized carbons (Fsp3) is 0.538. The molecule has 18 heavy (non-hydrogen) atoms. The van der Waals surface area contributed by atoms with Crippen LogP contribution in [0.1, 0.15) is 42.7 Å². The average molecular weight is 267 g/mol. The lowest BCUT2D eigenvalue weighted by atomic mass is 9.84. The number of furan rings is 1. The van der Waals surface area contributed by atoms with E-state index in [1.807, 2.05) is 0 Å². The molecule has 1 unspecified atom stereocenters. The first-order chi connectivity index (χ1) is 8.70. The van der Waals surface area contributed by atoms with Gasteiger partial charge in [-0.1, -0.05) is 19.3 Å². The highest BCUT2D eigenvalue weighted by molar-refractivity contribution is 6.29. The minimum absolute atomic E-state index is 0.149. The summed E-state index contributed by atoms with van der Waals surface area (Å²) in [5.41, 5.74) is 0. The number of carbonyl (C=O) groups is 1. The summed E-state index contributed by atoms with van der Waals surface area (Å²) in [6.07, 6.45) is 5.47. The van der Waals surface area contributed by atoms with Crippen molar-refractivity contribution in [2.45, 2.75) is 38.1 Å². The van der Waals surface area contributed by atoms with Gasteiger partial charge in [0.2, 0.25) is 0 Å². The first-order valence-corrected chi connectivity index (χ1v) is 6.54. The Morgan fingerprint density at radius 3 is 2.72 bits per heavy atom. The topological polar surface area (TPSA) is 66.0 Å². The van der Waals surface area contributed by atoms with Crippen LogP contribution in [0, 0.1) is 17.2 Å². The lowest BCUT2D eigenvalue weighted by Crippen LogP contribution is -2.39. The monoisotopic (exact) mass is 266 g/mol. The molecule has 5 heteroatoms. The van der Waals surface area contributed by atoms with E-state index in [9.17, 15) is 4.79 Å². The fourth-order valence-electron chi connectivity index (χ4n) is 2.37. The van der Waals surface area contributed by atoms with Crippen LogP contribution in [0.4, 0.5) is 0 Å². The summed E-state index contributed by atoms with van der Waals surface area (Å²) in [5.74, 6) is 0.0215. The van der Waals surface area contributed by atoms with Gasteiger partial charge in [-0.3, -0.25) is 4.79 Å². The van der Waals surface area contributed by atoms with Crippen LogP contribution in [0.25, 0.3) is 0 Å². The fourth-order valence-corrected chi connectivity index (χ4v) is 2.52. The number of rotatable bonds is 3. The van der Waals surface area contributed by atoms with E-state index in [1.165, 1.54) is 18.6 Å². The Hall–Kier alpha value is -1.47. The van der Waals surface area contributed by atoms with Crippen molar-refractivity contribution in [3.63, 3.8) is 0 Å². The second-order valence-corrected chi connectivity index (χ2v) is 4.95. The minimum Gasteiger partial charge on any atom is -0.440 e. The van der Waals surface area contributed by atoms with Crippen molar-refractivity contribution in [3.05, 3.63) is 23.1 Å². The number of hydrogen-bond donors (Lipinski definition) is 1. The molecule has 2 rings (SSSR count). The van der Waals surface area contributed by atoms with Crippen LogP contribution < -0.4 is 5.32 Å². The van der Waals surface area contributed by atoms with Crippen molar-refractivity contribution in [1.29, 1.82) is 5.26 Å². The Bertz CT molecular complexity index is 458. The number of nitriles is 1. The molecular weight excluding hydrogens is 252 g/mol. The smallest absolute Gasteiger partial charge is 0.288 e. The van der Waals surface area contributed by atoms with Crippen LogP contribution in [-0.4, -0.2) is 11.9 Å². The normalized spacial score (nSPS) is 18.0. The zero-order valence-corrected chi connectivity index (χ0v) is 10.7. The summed E-state index contributed by atoms with van der Waals surface area (Å²) in [5, 5.41) is 12.0. The van der Waals surface area contributed by atoms with Crippen molar-refractivity contribution < 1.29 is 9.21 Å². The number of carbonyl (C=O) groups excluding carboxylic acids is 1. The van der Waals surface area contributed by atoms with Gasteiger partial charge < -0.3 is 9.73 Å². The molecule has 0 saturated heterocycles. The molecule has 1 aromatic heterocycles. The summed E-state index contributed by atoms with van der Waals surface area (Å²) in [6.45, 7) is 0. The van der Waals surface area contributed by atoms with E-state index in [0.29, 0.717) is 0 Å². The Kier molecular flexibility index (Phi) is 4.27. The number of nitrogens with one attached hydrogen (secondary N) is 1. The molecule has 1 aliphatic rings. The molecule has 1 atom stereocenters. The van der Waals surface area contributed by atoms with Crippen LogP contribution in [0.3, 0.4) is 0 Å². The van der Waals surface area contributed by atoms with Gasteiger partial charge >= 0.3 is 0 Å². The first-order valence-electron chi connectivity index (χ1n) is 6.16. The number of hydrogen-bond acceptors (Lipinski definition) is 3. The van der Waals surface area contributed by atoms with E-state index in [0.717, 1.165) is 25.7 Å². The molecule has 1 aromatic rings. The third-order valence-electron chi connectivity index (χ3n) is 3.34. The number of halogens is 1. The molecule has 0 bridgehead atoms. The predicted octanol–water partition coefficient (Wildman–Crippen LogP) is 3.14. The van der Waals surface area contributed by atoms with Crippen molar-refractivity contribution in [2.24, 2.45) is 5.92 Å². The van der Waals surface area contributed by atoms with Gasteiger partial charge in [0.05, 0.1) is 6.07 Å². The van der Waals surface area contributed by atoms with Crippen molar-refractivity contribution in [3.8, 4) is 6.07 Å². The van der Waals surface area contributed by atoms with Gasteiger partial charge in [0.15, 0.2) is 11.0 Å². The van der Waals surface area contributed by atoms with Crippen LogP contribution in [0.15, 0.2) is 16.5 Å². The van der Waals surface area contributed by atoms with E-state index in [2.05, 4.69) is 11.4 Å². The Morgan fingerprint density at radius 1 is 1.44 bits per heavy atom. The Balaban J connectivity index is 1.98. The van der Waals surface area contributed by atoms with Gasteiger partial charge in [-0.05, 0) is 42.5 Å². The molecule has 0 spiro atoms. The van der Waals surface area contributed by atoms with Gasteiger partial charge in [0, 0.05) is 0 Å². The summed E-state index contributed by atoms with van der Waals surface area (Å²) < 4.78 is 5.02. The van der Waals surface area contributed by atoms with E-state index in [1.54, 1.807) is 0 Å². The molecule has 1 aliphatic carbocycles. The maximum Gasteiger partial charge on any atom is 0.288 e. The Morgan fingerprint density at radius 2 is 2.17 bits per heavy atom. The molecule has 1 fully saturated rings. The summed E-state index contributed by atoms with van der Waals surface area (Å²) in [4.78, 5) is 11.9. The SMILES string of the molecule is N#CC(NC(=O)c1ccc(Cl)o1)C1CCCCC1. The molecule has 0 radical (unpaired) electrons. The third kappa shape index (κ3) is 3.05. The van der Waals surface area contributed by atoms with Crippen LogP contribution >= 0.6 is 11.6 Å². The summed E-state index contributed by atoms with van der Waals surface area (Å²) >= 11 is 5.61. The molecule has 1 N–H and O–H groups in total. The molecule has 1 amide bonds. The van der Waals surface area contributed by atoms with Crippen LogP contribution in [-0.2, 0) is 0 Å². The minimum atomic E-state index is -0.443. The summed E-state index contributed by atoms with van der Waals surface area (Å²) in [7, 11) is 0. The van der Waals surface area contributed by atoms with Crippen molar-refractivity contribution in [2.75, 3.05) is 0 Å². The zero-order valence-electron chi connectivity index (χ0n) is 9.99. The molecular formula is C13H15ClN2O2. The molecule has 4 nitrogen and oxygen atoms in total. The number of nitrogens with zero attached hydrogens (tertiary/aromatic N) is 1. The van der Waals surface area contributed by atoms with Gasteiger partial charge in [-0.2, -0.15) is 5.26 Å². The van der Waals surface area contributed by atoms with E-state index >= 15 is 0 Å². The highest BCUT2D eigenvalue weighted by Gasteiger charge is 2.26. The molecule has 1 saturated carbocycles. The summed E-state index contributed by atoms with van der Waals surface area (Å²) in [6, 6.07) is 4.75. The maximum atomic E-state index is 11.9. The van der Waals surface area contributed by atoms with E-state index in [4.69, 9.17) is 21.3 Å². The zero-order chi connectivity index (χ0) is 13.0.